The third kappa shape index (κ3) is 1.11. The highest BCUT2D eigenvalue weighted by atomic mass is 19.1. The first-order valence-electron chi connectivity index (χ1n) is 2.38. The molecule has 0 amide bonds. The van der Waals surface area contributed by atoms with Gasteiger partial charge in [0.25, 0.3) is 0 Å². The van der Waals surface area contributed by atoms with Crippen LogP contribution in [0.1, 0.15) is 6.42 Å². The predicted molar refractivity (Wildman–Crippen MR) is 23.5 cm³/mol. The molecule has 1 N–H and O–H groups in total. The van der Waals surface area contributed by atoms with Crippen molar-refractivity contribution in [1.82, 2.24) is 5.48 Å². The second-order valence-corrected chi connectivity index (χ2v) is 1.58. The van der Waals surface area contributed by atoms with Gasteiger partial charge in [0, 0.05) is 6.54 Å². The number of nitrogens with one attached hydrogen (secondary N) is 1. The lowest BCUT2D eigenvalue weighted by Gasteiger charge is -1.97. The van der Waals surface area contributed by atoms with Crippen LogP contribution in [0.3, 0.4) is 0 Å². The van der Waals surface area contributed by atoms with E-state index in [4.69, 9.17) is 0 Å². The van der Waals surface area contributed by atoms with Crippen molar-refractivity contribution >= 4 is 0 Å². The number of alkyl halides is 1. The van der Waals surface area contributed by atoms with Crippen molar-refractivity contribution in [3.05, 3.63) is 0 Å². The Balaban J connectivity index is 2.14. The molecule has 7 heavy (non-hydrogen) atoms. The van der Waals surface area contributed by atoms with E-state index in [9.17, 15) is 4.39 Å². The SMILES string of the molecule is FCC1CCNO1. The Hall–Kier alpha value is -0.150. The van der Waals surface area contributed by atoms with E-state index in [1.165, 1.54) is 0 Å². The lowest BCUT2D eigenvalue weighted by atomic mass is 10.3. The van der Waals surface area contributed by atoms with Crippen molar-refractivity contribution in [2.24, 2.45) is 0 Å². The summed E-state index contributed by atoms with van der Waals surface area (Å²) >= 11 is 0. The lowest BCUT2D eigenvalue weighted by Crippen LogP contribution is -2.10. The van der Waals surface area contributed by atoms with Crippen molar-refractivity contribution in [2.75, 3.05) is 13.2 Å². The Morgan fingerprint density at radius 1 is 1.86 bits per heavy atom. The van der Waals surface area contributed by atoms with E-state index in [0.717, 1.165) is 13.0 Å². The molecule has 0 saturated carbocycles. The van der Waals surface area contributed by atoms with Crippen LogP contribution in [0.2, 0.25) is 0 Å². The van der Waals surface area contributed by atoms with Gasteiger partial charge in [-0.25, -0.2) is 9.87 Å². The molecule has 0 aromatic carbocycles. The summed E-state index contributed by atoms with van der Waals surface area (Å²) in [4.78, 5) is 4.68. The molecule has 0 spiro atoms. The fourth-order valence-corrected chi connectivity index (χ4v) is 0.564. The molecule has 1 aliphatic heterocycles. The maximum absolute atomic E-state index is 11.5. The Kier molecular flexibility index (Phi) is 1.59. The van der Waals surface area contributed by atoms with Gasteiger partial charge in [-0.2, -0.15) is 0 Å². The van der Waals surface area contributed by atoms with Crippen molar-refractivity contribution in [2.45, 2.75) is 12.5 Å². The number of hydroxylamine groups is 1. The predicted octanol–water partition coefficient (Wildman–Crippen LogP) is 0.249. The summed E-state index contributed by atoms with van der Waals surface area (Å²) in [7, 11) is 0. The second kappa shape index (κ2) is 2.23. The van der Waals surface area contributed by atoms with Crippen molar-refractivity contribution in [3.8, 4) is 0 Å². The lowest BCUT2D eigenvalue weighted by molar-refractivity contribution is 0.0208. The number of hydrogen-bond acceptors (Lipinski definition) is 2. The van der Waals surface area contributed by atoms with Gasteiger partial charge in [-0.1, -0.05) is 0 Å². The van der Waals surface area contributed by atoms with Crippen LogP contribution in [-0.2, 0) is 4.84 Å². The van der Waals surface area contributed by atoms with Crippen LogP contribution in [-0.4, -0.2) is 19.3 Å². The third-order valence-electron chi connectivity index (χ3n) is 0.990. The molecule has 2 nitrogen and oxygen atoms in total. The van der Waals surface area contributed by atoms with Crippen LogP contribution >= 0.6 is 0 Å². The first-order valence-corrected chi connectivity index (χ1v) is 2.38. The summed E-state index contributed by atoms with van der Waals surface area (Å²) in [5.41, 5.74) is 2.58. The first kappa shape index (κ1) is 5.00. The van der Waals surface area contributed by atoms with E-state index in [0.29, 0.717) is 0 Å². The molecule has 1 heterocycles. The average molecular weight is 105 g/mol. The molecule has 3 heteroatoms. The number of halogens is 1. The molecule has 0 aliphatic carbocycles. The standard InChI is InChI=1S/C4H8FNO/c5-3-4-1-2-6-7-4/h4,6H,1-3H2. The molecule has 1 aliphatic rings. The van der Waals surface area contributed by atoms with Gasteiger partial charge in [-0.3, -0.25) is 4.84 Å². The van der Waals surface area contributed by atoms with Gasteiger partial charge in [0.05, 0.1) is 0 Å². The van der Waals surface area contributed by atoms with Gasteiger partial charge < -0.3 is 0 Å². The third-order valence-corrected chi connectivity index (χ3v) is 0.990. The van der Waals surface area contributed by atoms with Crippen molar-refractivity contribution in [3.63, 3.8) is 0 Å². The van der Waals surface area contributed by atoms with Crippen LogP contribution in [0, 0.1) is 0 Å². The smallest absolute Gasteiger partial charge is 0.118 e. The highest BCUT2D eigenvalue weighted by Crippen LogP contribution is 2.01. The van der Waals surface area contributed by atoms with E-state index in [-0.39, 0.29) is 12.8 Å². The normalized spacial score (nSPS) is 31.3. The zero-order valence-electron chi connectivity index (χ0n) is 3.98. The molecular weight excluding hydrogens is 97.0 g/mol. The minimum atomic E-state index is -0.368. The second-order valence-electron chi connectivity index (χ2n) is 1.58. The molecule has 0 bridgehead atoms. The van der Waals surface area contributed by atoms with Gasteiger partial charge in [-0.05, 0) is 6.42 Å². The summed E-state index contributed by atoms with van der Waals surface area (Å²) in [5.74, 6) is 0. The summed E-state index contributed by atoms with van der Waals surface area (Å²) in [6.45, 7) is 0.418. The molecule has 1 atom stereocenters. The Morgan fingerprint density at radius 2 is 2.71 bits per heavy atom. The monoisotopic (exact) mass is 105 g/mol. The summed E-state index contributed by atoms with van der Waals surface area (Å²) in [6.07, 6.45) is 0.622. The van der Waals surface area contributed by atoms with E-state index >= 15 is 0 Å². The maximum Gasteiger partial charge on any atom is 0.118 e. The van der Waals surface area contributed by atoms with Crippen LogP contribution in [0.25, 0.3) is 0 Å². The first-order chi connectivity index (χ1) is 3.43. The van der Waals surface area contributed by atoms with Crippen LogP contribution in [0.4, 0.5) is 4.39 Å². The topological polar surface area (TPSA) is 21.3 Å². The zero-order chi connectivity index (χ0) is 5.11. The largest absolute Gasteiger partial charge is 0.296 e. The van der Waals surface area contributed by atoms with E-state index < -0.39 is 0 Å². The summed E-state index contributed by atoms with van der Waals surface area (Å²) < 4.78 is 11.5. The summed E-state index contributed by atoms with van der Waals surface area (Å²) in [6, 6.07) is 0. The van der Waals surface area contributed by atoms with E-state index in [1.54, 1.807) is 0 Å². The van der Waals surface area contributed by atoms with Gasteiger partial charge in [0.2, 0.25) is 0 Å². The van der Waals surface area contributed by atoms with Gasteiger partial charge >= 0.3 is 0 Å². The molecule has 0 aromatic rings. The minimum Gasteiger partial charge on any atom is -0.296 e. The Bertz CT molecular complexity index is 53.7. The van der Waals surface area contributed by atoms with E-state index in [2.05, 4.69) is 10.3 Å². The Labute approximate surface area is 41.6 Å². The maximum atomic E-state index is 11.5. The fraction of sp³-hybridized carbons (Fsp3) is 1.00. The molecule has 1 fully saturated rings. The van der Waals surface area contributed by atoms with Gasteiger partial charge in [0.1, 0.15) is 12.8 Å². The number of rotatable bonds is 1. The Morgan fingerprint density at radius 3 is 3.00 bits per heavy atom. The van der Waals surface area contributed by atoms with Crippen LogP contribution in [0.15, 0.2) is 0 Å². The highest BCUT2D eigenvalue weighted by Gasteiger charge is 2.13. The molecule has 1 rings (SSSR count). The minimum absolute atomic E-state index is 0.181. The van der Waals surface area contributed by atoms with Crippen molar-refractivity contribution in [1.29, 1.82) is 0 Å². The zero-order valence-corrected chi connectivity index (χ0v) is 3.98. The molecule has 42 valence electrons. The molecule has 1 unspecified atom stereocenters. The molecule has 0 aromatic heterocycles. The average Bonchev–Trinajstić information content (AvgIpc) is 2.14. The van der Waals surface area contributed by atoms with Gasteiger partial charge in [-0.15, -0.1) is 0 Å². The highest BCUT2D eigenvalue weighted by molar-refractivity contribution is 4.60. The van der Waals surface area contributed by atoms with E-state index in [1.807, 2.05) is 0 Å². The molecule has 1 saturated heterocycles. The molecule has 0 radical (unpaired) electrons. The van der Waals surface area contributed by atoms with Crippen LogP contribution in [0.5, 0.6) is 0 Å². The fourth-order valence-electron chi connectivity index (χ4n) is 0.564. The number of hydrogen-bond donors (Lipinski definition) is 1. The van der Waals surface area contributed by atoms with Crippen molar-refractivity contribution < 1.29 is 9.23 Å². The van der Waals surface area contributed by atoms with Crippen LogP contribution < -0.4 is 5.48 Å². The molecular formula is C4H8FNO. The quantitative estimate of drug-likeness (QED) is 0.516. The van der Waals surface area contributed by atoms with Gasteiger partial charge in [0.15, 0.2) is 0 Å². The summed E-state index contributed by atoms with van der Waals surface area (Å²) in [5, 5.41) is 0.